The molecule has 744 valence electrons. The smallest absolute Gasteiger partial charge is 0.122 e. The van der Waals surface area contributed by atoms with Gasteiger partial charge in [-0.1, -0.05) is 472 Å². The molecule has 140 heavy (non-hydrogen) atoms. The average Bonchev–Trinajstić information content (AvgIpc) is 0.611. The number of hydrogen-bond acceptors (Lipinski definition) is 4. The van der Waals surface area contributed by atoms with Gasteiger partial charge in [0.15, 0.2) is 0 Å². The molecular formula is C136H176O2S2. The summed E-state index contributed by atoms with van der Waals surface area (Å²) in [6, 6.07) is 118. The third-order valence-electron chi connectivity index (χ3n) is 37.9. The van der Waals surface area contributed by atoms with Crippen LogP contribution >= 0.6 is 23.5 Å². The lowest BCUT2D eigenvalue weighted by Crippen LogP contribution is -2.53. The van der Waals surface area contributed by atoms with Crippen LogP contribution in [0.15, 0.2) is 337 Å². The van der Waals surface area contributed by atoms with E-state index in [0.29, 0.717) is 45.2 Å². The van der Waals surface area contributed by atoms with Crippen molar-refractivity contribution in [1.29, 1.82) is 0 Å². The maximum atomic E-state index is 6.52. The topological polar surface area (TPSA) is 18.5 Å². The first kappa shape index (κ1) is 108. The molecule has 0 spiro atoms. The fourth-order valence-electron chi connectivity index (χ4n) is 26.8. The number of rotatable bonds is 24. The Morgan fingerprint density at radius 3 is 1.06 bits per heavy atom. The van der Waals surface area contributed by atoms with E-state index in [2.05, 4.69) is 480 Å². The predicted molar refractivity (Wildman–Crippen MR) is 607 cm³/mol. The van der Waals surface area contributed by atoms with E-state index in [1.807, 2.05) is 30.0 Å². The summed E-state index contributed by atoms with van der Waals surface area (Å²) in [4.78, 5) is 2.89. The molecule has 6 aliphatic carbocycles. The first-order valence-electron chi connectivity index (χ1n) is 54.0. The van der Waals surface area contributed by atoms with Crippen LogP contribution in [-0.4, -0.2) is 23.7 Å². The van der Waals surface area contributed by atoms with Crippen LogP contribution in [0.4, 0.5) is 0 Å². The average molecular weight is 1910 g/mol. The van der Waals surface area contributed by atoms with E-state index in [1.165, 1.54) is 223 Å². The van der Waals surface area contributed by atoms with Gasteiger partial charge in [-0.25, -0.2) is 0 Å². The Bertz CT molecular complexity index is 5340. The number of para-hydroxylation sites is 2. The third kappa shape index (κ3) is 23.9. The molecule has 12 aromatic rings. The maximum absolute atomic E-state index is 6.52. The van der Waals surface area contributed by atoms with Crippen molar-refractivity contribution >= 4 is 23.5 Å². The van der Waals surface area contributed by atoms with Crippen molar-refractivity contribution in [3.63, 3.8) is 0 Å². The highest BCUT2D eigenvalue weighted by atomic mass is 32.2. The molecule has 6 aliphatic rings. The lowest BCUT2D eigenvalue weighted by Gasteiger charge is -2.58. The first-order valence-corrected chi connectivity index (χ1v) is 55.9. The minimum absolute atomic E-state index is 0.0431. The van der Waals surface area contributed by atoms with E-state index in [9.17, 15) is 0 Å². The van der Waals surface area contributed by atoms with Crippen molar-refractivity contribution in [2.45, 2.75) is 350 Å². The van der Waals surface area contributed by atoms with Crippen molar-refractivity contribution < 1.29 is 9.47 Å². The Morgan fingerprint density at radius 2 is 0.614 bits per heavy atom. The Morgan fingerprint density at radius 1 is 0.286 bits per heavy atom. The van der Waals surface area contributed by atoms with Crippen molar-refractivity contribution in [3.8, 4) is 11.5 Å². The molecule has 0 heterocycles. The molecule has 0 amide bonds. The van der Waals surface area contributed by atoms with Gasteiger partial charge < -0.3 is 9.47 Å². The van der Waals surface area contributed by atoms with Crippen molar-refractivity contribution in [2.24, 2.45) is 54.7 Å². The summed E-state index contributed by atoms with van der Waals surface area (Å²) in [6.07, 6.45) is 32.5. The lowest BCUT2D eigenvalue weighted by atomic mass is 9.47. The Hall–Kier alpha value is -9.06. The van der Waals surface area contributed by atoms with Gasteiger partial charge in [0, 0.05) is 47.9 Å². The predicted octanol–water partition coefficient (Wildman–Crippen LogP) is 38.9. The summed E-state index contributed by atoms with van der Waals surface area (Å²) in [5.41, 5.74) is 22.2. The van der Waals surface area contributed by atoms with Gasteiger partial charge in [-0.3, -0.25) is 0 Å². The van der Waals surface area contributed by atoms with E-state index in [1.54, 1.807) is 5.56 Å². The summed E-state index contributed by atoms with van der Waals surface area (Å²) in [5, 5.41) is 0.808. The fraction of sp³-hybridized carbons (Fsp3) is 0.471. The van der Waals surface area contributed by atoms with E-state index in [4.69, 9.17) is 9.47 Å². The van der Waals surface area contributed by atoms with E-state index >= 15 is 0 Å². The standard InChI is InChI=1S/C28H34.C25H28O.C25H28S.C20H30.C19H28O.C19H28S/c1-22-15-13-14-20-25(22)26(2,3)21-27(4,5)28(6,23-16-9-7-10-17-23)24-18-11-8-12-19-24;2*1-20-13-11-12-18-23(20)26-19-24(2,3)25(4,21-14-7-5-8-15-21)22-16-9-6-10-17-22;1-16-9-4-5-10-17(16)15-18-11-8-13-19(2)12-6-7-14-20(18,19)3;2*1-15-9-4-5-10-16(15)20-17-11-8-13-18(2)12-6-7-14-19(17,18)3/h7-20H,21H2,1-6H3;2*5-18H,19H2,1-4H3;4-5,9-10,18H,6-8,11-15H2,1-3H3;2*4-5,9-10,17H,6-8,11-14H2,1-3H3/t;;;18?,19-,20+;2*17?,18-,19+/m...111/s1. The minimum Gasteiger partial charge on any atom is -0.493 e. The normalized spacial score (nSPS) is 23.1. The monoisotopic (exact) mass is 1910 g/mol. The number of ether oxygens (including phenoxy) is 2. The molecule has 2 nitrogen and oxygen atoms in total. The zero-order valence-electron chi connectivity index (χ0n) is 90.7. The second kappa shape index (κ2) is 46.8. The molecule has 0 aliphatic heterocycles. The van der Waals surface area contributed by atoms with E-state index < -0.39 is 0 Å². The summed E-state index contributed by atoms with van der Waals surface area (Å²) >= 11 is 4.14. The van der Waals surface area contributed by atoms with Crippen LogP contribution in [0.5, 0.6) is 11.5 Å². The van der Waals surface area contributed by atoms with Crippen LogP contribution in [-0.2, 0) is 28.1 Å². The Kier molecular flexibility index (Phi) is 36.1. The van der Waals surface area contributed by atoms with Gasteiger partial charge in [0.1, 0.15) is 17.6 Å². The molecule has 18 rings (SSSR count). The van der Waals surface area contributed by atoms with Crippen molar-refractivity contribution in [1.82, 2.24) is 0 Å². The van der Waals surface area contributed by atoms with Gasteiger partial charge in [0.25, 0.3) is 0 Å². The molecule has 0 aromatic heterocycles. The molecule has 12 aromatic carbocycles. The number of aryl methyl sites for hydroxylation is 6. The van der Waals surface area contributed by atoms with Crippen LogP contribution in [0.1, 0.15) is 337 Å². The Balaban J connectivity index is 0.000000142. The molecule has 9 atom stereocenters. The highest BCUT2D eigenvalue weighted by Gasteiger charge is 2.57. The van der Waals surface area contributed by atoms with Gasteiger partial charge in [-0.2, -0.15) is 0 Å². The summed E-state index contributed by atoms with van der Waals surface area (Å²) < 4.78 is 12.8. The first-order chi connectivity index (χ1) is 66.7. The second-order valence-corrected chi connectivity index (χ2v) is 50.3. The van der Waals surface area contributed by atoms with Gasteiger partial charge in [0.05, 0.1) is 6.61 Å². The molecule has 0 radical (unpaired) electrons. The zero-order chi connectivity index (χ0) is 100. The molecule has 3 unspecified atom stereocenters. The van der Waals surface area contributed by atoms with Crippen LogP contribution < -0.4 is 9.47 Å². The van der Waals surface area contributed by atoms with Gasteiger partial charge in [0.2, 0.25) is 0 Å². The van der Waals surface area contributed by atoms with Crippen LogP contribution in [0.2, 0.25) is 0 Å². The molecule has 6 fully saturated rings. The summed E-state index contributed by atoms with van der Waals surface area (Å²) in [6.45, 7) is 55.5. The number of benzene rings is 12. The summed E-state index contributed by atoms with van der Waals surface area (Å²) in [7, 11) is 0. The number of hydrogen-bond donors (Lipinski definition) is 0. The zero-order valence-corrected chi connectivity index (χ0v) is 92.4. The lowest BCUT2D eigenvalue weighted by molar-refractivity contribution is -0.108. The highest BCUT2D eigenvalue weighted by Crippen LogP contribution is 2.65. The van der Waals surface area contributed by atoms with Gasteiger partial charge >= 0.3 is 0 Å². The Labute approximate surface area is 860 Å². The largest absolute Gasteiger partial charge is 0.493 e. The maximum Gasteiger partial charge on any atom is 0.122 e. The minimum atomic E-state index is -0.168. The van der Waals surface area contributed by atoms with E-state index in [-0.39, 0.29) is 37.9 Å². The van der Waals surface area contributed by atoms with Crippen molar-refractivity contribution in [2.75, 3.05) is 12.4 Å². The molecule has 4 heteroatoms. The van der Waals surface area contributed by atoms with Crippen LogP contribution in [0.25, 0.3) is 0 Å². The molecule has 6 saturated carbocycles. The number of fused-ring (bicyclic) bond motifs is 3. The molecular weight excluding hydrogens is 1730 g/mol. The molecule has 0 N–H and O–H groups in total. The molecule has 0 saturated heterocycles. The SMILES string of the molecule is Cc1ccccc1C(C)(C)CC(C)(C)C(C)(c1ccccc1)c1ccccc1.Cc1ccccc1CC1CCC[C@@]2(C)CCCC[C@@]12C.Cc1ccccc1OC1CCC[C@@]2(C)CCCC[C@@]12C.Cc1ccccc1OCC(C)(C)C(C)(c1ccccc1)c1ccccc1.Cc1ccccc1SC1CCC[C@@]2(C)CCCC[C@@]12C.Cc1ccccc1SCC(C)(C)C(C)(c1ccccc1)c1ccccc1. The van der Waals surface area contributed by atoms with Gasteiger partial charge in [-0.15, -0.1) is 23.5 Å². The van der Waals surface area contributed by atoms with Crippen molar-refractivity contribution in [3.05, 3.63) is 405 Å². The van der Waals surface area contributed by atoms with Crippen LogP contribution in [0, 0.1) is 96.2 Å². The third-order valence-corrected chi connectivity index (χ3v) is 41.3. The second-order valence-electron chi connectivity index (χ2n) is 48.0. The highest BCUT2D eigenvalue weighted by molar-refractivity contribution is 8.00. The fourth-order valence-corrected chi connectivity index (χ4v) is 29.7. The van der Waals surface area contributed by atoms with E-state index in [0.717, 1.165) is 34.8 Å². The van der Waals surface area contributed by atoms with Gasteiger partial charge in [-0.05, 0) is 289 Å². The molecule has 0 bridgehead atoms. The quantitative estimate of drug-likeness (QED) is 0.0561. The number of thioether (sulfide) groups is 2. The van der Waals surface area contributed by atoms with Crippen LogP contribution in [0.3, 0.4) is 0 Å². The summed E-state index contributed by atoms with van der Waals surface area (Å²) in [5.74, 6) is 4.00.